The zero-order valence-electron chi connectivity index (χ0n) is 15.5. The number of amides is 1. The highest BCUT2D eigenvalue weighted by Gasteiger charge is 2.32. The Bertz CT molecular complexity index is 832. The molecule has 0 bridgehead atoms. The number of sulfone groups is 1. The van der Waals surface area contributed by atoms with Gasteiger partial charge in [-0.15, -0.1) is 0 Å². The largest absolute Gasteiger partial charge is 0.493 e. The topological polar surface area (TPSA) is 99.2 Å². The van der Waals surface area contributed by atoms with Gasteiger partial charge in [-0.2, -0.15) is 0 Å². The highest BCUT2D eigenvalue weighted by Crippen LogP contribution is 2.27. The average Bonchev–Trinajstić information content (AvgIpc) is 3.03. The molecule has 0 spiro atoms. The minimum absolute atomic E-state index is 0.0532. The number of methoxy groups -OCH3 is 2. The van der Waals surface area contributed by atoms with Gasteiger partial charge < -0.3 is 19.1 Å². The van der Waals surface area contributed by atoms with E-state index in [9.17, 15) is 18.0 Å². The van der Waals surface area contributed by atoms with Gasteiger partial charge in [-0.3, -0.25) is 4.79 Å². The molecule has 1 aliphatic heterocycles. The summed E-state index contributed by atoms with van der Waals surface area (Å²) in [6, 6.07) is 4.77. The van der Waals surface area contributed by atoms with Crippen molar-refractivity contribution in [2.24, 2.45) is 0 Å². The third-order valence-corrected chi connectivity index (χ3v) is 6.06. The summed E-state index contributed by atoms with van der Waals surface area (Å²) in [7, 11) is 1.47. The average molecular weight is 397 g/mol. The number of carbonyl (C=O) groups excluding carboxylic acids is 2. The Balaban J connectivity index is 1.87. The first-order valence-electron chi connectivity index (χ1n) is 8.28. The van der Waals surface area contributed by atoms with E-state index in [4.69, 9.17) is 14.2 Å². The fraction of sp³-hybridized carbons (Fsp3) is 0.444. The molecule has 1 amide bonds. The van der Waals surface area contributed by atoms with E-state index < -0.39 is 28.3 Å². The molecular formula is C18H23NO7S. The van der Waals surface area contributed by atoms with Crippen LogP contribution in [0.5, 0.6) is 11.5 Å². The quantitative estimate of drug-likeness (QED) is 0.498. The van der Waals surface area contributed by atoms with E-state index in [0.717, 1.165) is 0 Å². The number of hydrogen-bond acceptors (Lipinski definition) is 7. The minimum Gasteiger partial charge on any atom is -0.493 e. The van der Waals surface area contributed by atoms with E-state index >= 15 is 0 Å². The molecule has 8 nitrogen and oxygen atoms in total. The molecule has 1 aromatic carbocycles. The maximum Gasteiger partial charge on any atom is 0.331 e. The number of carbonyl (C=O) groups is 2. The third-order valence-electron chi connectivity index (χ3n) is 4.31. The monoisotopic (exact) mass is 397 g/mol. The van der Waals surface area contributed by atoms with Crippen LogP contribution < -0.4 is 9.47 Å². The summed E-state index contributed by atoms with van der Waals surface area (Å²) in [5.41, 5.74) is 0.698. The van der Waals surface area contributed by atoms with E-state index in [-0.39, 0.29) is 17.5 Å². The van der Waals surface area contributed by atoms with Crippen LogP contribution in [-0.4, -0.2) is 70.6 Å². The van der Waals surface area contributed by atoms with Crippen LogP contribution in [0.15, 0.2) is 24.3 Å². The van der Waals surface area contributed by atoms with Gasteiger partial charge >= 0.3 is 5.97 Å². The van der Waals surface area contributed by atoms with Crippen molar-refractivity contribution in [1.29, 1.82) is 0 Å². The van der Waals surface area contributed by atoms with Gasteiger partial charge in [0.25, 0.3) is 5.91 Å². The number of nitrogens with zero attached hydrogens (tertiary/aromatic N) is 1. The number of benzene rings is 1. The maximum atomic E-state index is 12.1. The molecule has 27 heavy (non-hydrogen) atoms. The normalized spacial score (nSPS) is 18.3. The number of hydrogen-bond donors (Lipinski definition) is 0. The lowest BCUT2D eigenvalue weighted by Crippen LogP contribution is -2.40. The lowest BCUT2D eigenvalue weighted by atomic mass is 10.2. The second-order valence-electron chi connectivity index (χ2n) is 6.12. The van der Waals surface area contributed by atoms with Gasteiger partial charge in [0, 0.05) is 19.2 Å². The van der Waals surface area contributed by atoms with Crippen LogP contribution in [0, 0.1) is 0 Å². The highest BCUT2D eigenvalue weighted by molar-refractivity contribution is 7.91. The number of esters is 1. The highest BCUT2D eigenvalue weighted by atomic mass is 32.2. The predicted molar refractivity (Wildman–Crippen MR) is 99.4 cm³/mol. The van der Waals surface area contributed by atoms with E-state index in [1.54, 1.807) is 18.2 Å². The summed E-state index contributed by atoms with van der Waals surface area (Å²) < 4.78 is 38.2. The van der Waals surface area contributed by atoms with Crippen molar-refractivity contribution < 1.29 is 32.2 Å². The van der Waals surface area contributed by atoms with Crippen LogP contribution in [0.1, 0.15) is 12.0 Å². The van der Waals surface area contributed by atoms with Crippen LogP contribution in [0.4, 0.5) is 0 Å². The molecule has 1 aromatic rings. The molecule has 0 N–H and O–H groups in total. The molecule has 9 heteroatoms. The van der Waals surface area contributed by atoms with Crippen molar-refractivity contribution in [1.82, 2.24) is 4.90 Å². The number of rotatable bonds is 7. The fourth-order valence-electron chi connectivity index (χ4n) is 2.69. The smallest absolute Gasteiger partial charge is 0.331 e. The summed E-state index contributed by atoms with van der Waals surface area (Å²) in [6.07, 6.45) is 3.13. The SMILES string of the molecule is COc1ccc(C=CC(=O)OCC(=O)N(C)C2CCS(=O)(=O)C2)cc1OC. The molecule has 1 aliphatic rings. The number of likely N-dealkylation sites (N-methyl/N-ethyl adjacent to an activating group) is 1. The van der Waals surface area contributed by atoms with Gasteiger partial charge in [0.05, 0.1) is 25.7 Å². The van der Waals surface area contributed by atoms with Gasteiger partial charge in [-0.1, -0.05) is 6.07 Å². The van der Waals surface area contributed by atoms with Crippen LogP contribution in [-0.2, 0) is 24.2 Å². The molecule has 0 aliphatic carbocycles. The van der Waals surface area contributed by atoms with Crippen LogP contribution >= 0.6 is 0 Å². The molecule has 1 heterocycles. The summed E-state index contributed by atoms with van der Waals surface area (Å²) in [6.45, 7) is -0.442. The van der Waals surface area contributed by atoms with E-state index in [2.05, 4.69) is 0 Å². The minimum atomic E-state index is -3.09. The standard InChI is InChI=1S/C18H23NO7S/c1-19(14-8-9-27(22,23)12-14)17(20)11-26-18(21)7-5-13-4-6-15(24-2)16(10-13)25-3/h4-7,10,14H,8-9,11-12H2,1-3H3. The van der Waals surface area contributed by atoms with Gasteiger partial charge in [0.15, 0.2) is 27.9 Å². The first-order chi connectivity index (χ1) is 12.8. The second-order valence-corrected chi connectivity index (χ2v) is 8.35. The van der Waals surface area contributed by atoms with Crippen LogP contribution in [0.25, 0.3) is 6.08 Å². The lowest BCUT2D eigenvalue weighted by Gasteiger charge is -2.22. The summed E-state index contributed by atoms with van der Waals surface area (Å²) in [4.78, 5) is 25.2. The summed E-state index contributed by atoms with van der Waals surface area (Å²) in [5, 5.41) is 0. The van der Waals surface area contributed by atoms with Gasteiger partial charge in [-0.05, 0) is 30.2 Å². The van der Waals surface area contributed by atoms with E-state index in [0.29, 0.717) is 23.5 Å². The lowest BCUT2D eigenvalue weighted by molar-refractivity contribution is -0.148. The predicted octanol–water partition coefficient (Wildman–Crippen LogP) is 0.906. The van der Waals surface area contributed by atoms with Crippen molar-refractivity contribution in [2.75, 3.05) is 39.4 Å². The molecule has 1 fully saturated rings. The Morgan fingerprint density at radius 1 is 1.22 bits per heavy atom. The molecule has 0 radical (unpaired) electrons. The van der Waals surface area contributed by atoms with Gasteiger partial charge in [0.2, 0.25) is 0 Å². The first-order valence-corrected chi connectivity index (χ1v) is 10.1. The van der Waals surface area contributed by atoms with Crippen molar-refractivity contribution in [3.63, 3.8) is 0 Å². The molecule has 0 aromatic heterocycles. The van der Waals surface area contributed by atoms with Gasteiger partial charge in [-0.25, -0.2) is 13.2 Å². The first kappa shape index (κ1) is 20.8. The molecule has 1 unspecified atom stereocenters. The van der Waals surface area contributed by atoms with Crippen molar-refractivity contribution in [3.8, 4) is 11.5 Å². The molecule has 0 saturated carbocycles. The number of ether oxygens (including phenoxy) is 3. The fourth-order valence-corrected chi connectivity index (χ4v) is 4.46. The zero-order valence-corrected chi connectivity index (χ0v) is 16.3. The molecule has 2 rings (SSSR count). The molecular weight excluding hydrogens is 374 g/mol. The van der Waals surface area contributed by atoms with E-state index in [1.165, 1.54) is 38.3 Å². The van der Waals surface area contributed by atoms with Crippen molar-refractivity contribution in [2.45, 2.75) is 12.5 Å². The summed E-state index contributed by atoms with van der Waals surface area (Å²) >= 11 is 0. The van der Waals surface area contributed by atoms with Crippen molar-refractivity contribution >= 4 is 27.8 Å². The third kappa shape index (κ3) is 5.72. The Labute approximate surface area is 158 Å². The molecule has 1 saturated heterocycles. The Hall–Kier alpha value is -2.55. The van der Waals surface area contributed by atoms with Gasteiger partial charge in [0.1, 0.15) is 0 Å². The Kier molecular flexibility index (Phi) is 6.84. The van der Waals surface area contributed by atoms with Crippen molar-refractivity contribution in [3.05, 3.63) is 29.8 Å². The summed E-state index contributed by atoms with van der Waals surface area (Å²) in [5.74, 6) is -0.00223. The van der Waals surface area contributed by atoms with Crippen LogP contribution in [0.2, 0.25) is 0 Å². The van der Waals surface area contributed by atoms with E-state index in [1.807, 2.05) is 0 Å². The Morgan fingerprint density at radius 3 is 2.52 bits per heavy atom. The molecule has 148 valence electrons. The Morgan fingerprint density at radius 2 is 1.93 bits per heavy atom. The maximum absolute atomic E-state index is 12.1. The molecule has 1 atom stereocenters. The van der Waals surface area contributed by atoms with Crippen LogP contribution in [0.3, 0.4) is 0 Å². The zero-order chi connectivity index (χ0) is 20.0. The second kappa shape index (κ2) is 8.90.